The van der Waals surface area contributed by atoms with Crippen LogP contribution in [0.25, 0.3) is 0 Å². The Kier molecular flexibility index (Phi) is 5.67. The number of nitrogens with zero attached hydrogens (tertiary/aromatic N) is 1. The molecule has 2 nitrogen and oxygen atoms in total. The van der Waals surface area contributed by atoms with E-state index in [4.69, 9.17) is 11.6 Å². The van der Waals surface area contributed by atoms with E-state index in [9.17, 15) is 4.39 Å². The van der Waals surface area contributed by atoms with Crippen molar-refractivity contribution in [3.05, 3.63) is 34.6 Å². The van der Waals surface area contributed by atoms with Crippen molar-refractivity contribution in [2.45, 2.75) is 19.5 Å². The summed E-state index contributed by atoms with van der Waals surface area (Å²) in [5.74, 6) is -0.348. The van der Waals surface area contributed by atoms with Crippen molar-refractivity contribution >= 4 is 24.0 Å². The third kappa shape index (κ3) is 4.11. The van der Waals surface area contributed by atoms with Crippen LogP contribution in [-0.4, -0.2) is 30.6 Å². The lowest BCUT2D eigenvalue weighted by Gasteiger charge is -2.31. The molecule has 0 bridgehead atoms. The molecular formula is C12H17Cl2FN2. The summed E-state index contributed by atoms with van der Waals surface area (Å²) >= 11 is 5.75. The molecule has 1 heterocycles. The molecule has 1 atom stereocenters. The van der Waals surface area contributed by atoms with Gasteiger partial charge in [0.25, 0.3) is 0 Å². The van der Waals surface area contributed by atoms with Gasteiger partial charge in [-0.2, -0.15) is 0 Å². The lowest BCUT2D eigenvalue weighted by Crippen LogP contribution is -2.48. The summed E-state index contributed by atoms with van der Waals surface area (Å²) in [5.41, 5.74) is 1.07. The van der Waals surface area contributed by atoms with Crippen LogP contribution >= 0.6 is 24.0 Å². The van der Waals surface area contributed by atoms with E-state index in [-0.39, 0.29) is 23.2 Å². The van der Waals surface area contributed by atoms with Gasteiger partial charge in [-0.25, -0.2) is 4.39 Å². The van der Waals surface area contributed by atoms with Gasteiger partial charge < -0.3 is 5.32 Å². The lowest BCUT2D eigenvalue weighted by atomic mass is 10.1. The molecule has 0 radical (unpaired) electrons. The molecule has 5 heteroatoms. The van der Waals surface area contributed by atoms with E-state index < -0.39 is 0 Å². The first-order valence-electron chi connectivity index (χ1n) is 5.55. The Balaban J connectivity index is 0.00000144. The molecule has 0 saturated carbocycles. The van der Waals surface area contributed by atoms with Crippen LogP contribution in [0.4, 0.5) is 4.39 Å². The Bertz CT molecular complexity index is 374. The molecule has 1 saturated heterocycles. The quantitative estimate of drug-likeness (QED) is 0.895. The largest absolute Gasteiger partial charge is 0.312 e. The predicted molar refractivity (Wildman–Crippen MR) is 71.4 cm³/mol. The number of piperazine rings is 1. The molecule has 2 rings (SSSR count). The number of halogens is 3. The summed E-state index contributed by atoms with van der Waals surface area (Å²) in [6.45, 7) is 6.07. The highest BCUT2D eigenvalue weighted by atomic mass is 35.5. The van der Waals surface area contributed by atoms with Gasteiger partial charge in [0.2, 0.25) is 0 Å². The summed E-state index contributed by atoms with van der Waals surface area (Å²) in [6, 6.07) is 5.46. The molecule has 1 fully saturated rings. The van der Waals surface area contributed by atoms with Crippen molar-refractivity contribution in [3.8, 4) is 0 Å². The molecule has 1 unspecified atom stereocenters. The number of hydrogen-bond donors (Lipinski definition) is 1. The molecule has 1 aromatic rings. The van der Waals surface area contributed by atoms with Crippen LogP contribution in [0.15, 0.2) is 18.2 Å². The van der Waals surface area contributed by atoms with E-state index in [0.29, 0.717) is 6.04 Å². The van der Waals surface area contributed by atoms with Crippen LogP contribution < -0.4 is 5.32 Å². The lowest BCUT2D eigenvalue weighted by molar-refractivity contribution is 0.199. The highest BCUT2D eigenvalue weighted by Crippen LogP contribution is 2.17. The smallest absolute Gasteiger partial charge is 0.141 e. The van der Waals surface area contributed by atoms with Gasteiger partial charge in [-0.05, 0) is 24.6 Å². The molecule has 0 aromatic heterocycles. The van der Waals surface area contributed by atoms with Gasteiger partial charge in [0.1, 0.15) is 5.82 Å². The van der Waals surface area contributed by atoms with E-state index in [2.05, 4.69) is 17.1 Å². The van der Waals surface area contributed by atoms with Crippen LogP contribution in [0, 0.1) is 5.82 Å². The summed E-state index contributed by atoms with van der Waals surface area (Å²) in [6.07, 6.45) is 0. The van der Waals surface area contributed by atoms with Crippen molar-refractivity contribution < 1.29 is 4.39 Å². The maximum Gasteiger partial charge on any atom is 0.141 e. The summed E-state index contributed by atoms with van der Waals surface area (Å²) in [5, 5.41) is 3.60. The van der Waals surface area contributed by atoms with Crippen LogP contribution in [0.3, 0.4) is 0 Å². The molecule has 1 aliphatic heterocycles. The molecule has 0 aliphatic carbocycles. The number of hydrogen-bond acceptors (Lipinski definition) is 2. The Labute approximate surface area is 113 Å². The van der Waals surface area contributed by atoms with Crippen LogP contribution in [0.2, 0.25) is 5.02 Å². The first kappa shape index (κ1) is 14.7. The second kappa shape index (κ2) is 6.55. The molecule has 0 spiro atoms. The first-order chi connectivity index (χ1) is 7.65. The zero-order chi connectivity index (χ0) is 11.5. The van der Waals surface area contributed by atoms with E-state index in [0.717, 1.165) is 31.7 Å². The van der Waals surface area contributed by atoms with Crippen molar-refractivity contribution in [1.82, 2.24) is 10.2 Å². The average molecular weight is 279 g/mol. The summed E-state index contributed by atoms with van der Waals surface area (Å²) in [4.78, 5) is 2.35. The standard InChI is InChI=1S/C12H16ClFN2.ClH/c1-9-7-16(5-4-15-9)8-10-2-3-12(14)11(13)6-10;/h2-3,6,9,15H,4-5,7-8H2,1H3;1H. The van der Waals surface area contributed by atoms with Gasteiger partial charge in [0.05, 0.1) is 5.02 Å². The fourth-order valence-corrected chi connectivity index (χ4v) is 2.26. The van der Waals surface area contributed by atoms with E-state index in [1.165, 1.54) is 6.07 Å². The zero-order valence-electron chi connectivity index (χ0n) is 9.75. The van der Waals surface area contributed by atoms with Crippen LogP contribution in [0.5, 0.6) is 0 Å². The topological polar surface area (TPSA) is 15.3 Å². The van der Waals surface area contributed by atoms with E-state index in [1.54, 1.807) is 12.1 Å². The molecular weight excluding hydrogens is 262 g/mol. The SMILES string of the molecule is CC1CN(Cc2ccc(F)c(Cl)c2)CCN1.Cl. The summed E-state index contributed by atoms with van der Waals surface area (Å²) in [7, 11) is 0. The average Bonchev–Trinajstić information content (AvgIpc) is 2.24. The minimum atomic E-state index is -0.348. The van der Waals surface area contributed by atoms with E-state index >= 15 is 0 Å². The van der Waals surface area contributed by atoms with Crippen molar-refractivity contribution in [2.75, 3.05) is 19.6 Å². The number of benzene rings is 1. The van der Waals surface area contributed by atoms with Gasteiger partial charge in [-0.3, -0.25) is 4.90 Å². The Hall–Kier alpha value is -0.350. The van der Waals surface area contributed by atoms with Gasteiger partial charge in [0, 0.05) is 32.2 Å². The van der Waals surface area contributed by atoms with Gasteiger partial charge >= 0.3 is 0 Å². The molecule has 1 aromatic carbocycles. The van der Waals surface area contributed by atoms with Crippen LogP contribution in [0.1, 0.15) is 12.5 Å². The highest BCUT2D eigenvalue weighted by molar-refractivity contribution is 6.30. The van der Waals surface area contributed by atoms with E-state index in [1.807, 2.05) is 0 Å². The Morgan fingerprint density at radius 3 is 2.94 bits per heavy atom. The third-order valence-corrected chi connectivity index (χ3v) is 3.13. The number of rotatable bonds is 2. The Morgan fingerprint density at radius 2 is 2.29 bits per heavy atom. The zero-order valence-corrected chi connectivity index (χ0v) is 11.3. The van der Waals surface area contributed by atoms with Crippen LogP contribution in [-0.2, 0) is 6.54 Å². The minimum Gasteiger partial charge on any atom is -0.312 e. The number of nitrogens with one attached hydrogen (secondary N) is 1. The fourth-order valence-electron chi connectivity index (χ4n) is 2.05. The second-order valence-corrected chi connectivity index (χ2v) is 4.75. The maximum absolute atomic E-state index is 13.0. The summed E-state index contributed by atoms with van der Waals surface area (Å²) < 4.78 is 13.0. The molecule has 96 valence electrons. The van der Waals surface area contributed by atoms with Crippen molar-refractivity contribution in [3.63, 3.8) is 0 Å². The van der Waals surface area contributed by atoms with Crippen molar-refractivity contribution in [2.24, 2.45) is 0 Å². The first-order valence-corrected chi connectivity index (χ1v) is 5.92. The van der Waals surface area contributed by atoms with Gasteiger partial charge in [0.15, 0.2) is 0 Å². The highest BCUT2D eigenvalue weighted by Gasteiger charge is 2.15. The minimum absolute atomic E-state index is 0. The molecule has 1 N–H and O–H groups in total. The van der Waals surface area contributed by atoms with Gasteiger partial charge in [-0.15, -0.1) is 12.4 Å². The Morgan fingerprint density at radius 1 is 1.53 bits per heavy atom. The molecule has 0 amide bonds. The maximum atomic E-state index is 13.0. The monoisotopic (exact) mass is 278 g/mol. The normalized spacial score (nSPS) is 21.0. The third-order valence-electron chi connectivity index (χ3n) is 2.84. The van der Waals surface area contributed by atoms with Crippen molar-refractivity contribution in [1.29, 1.82) is 0 Å². The second-order valence-electron chi connectivity index (χ2n) is 4.34. The van der Waals surface area contributed by atoms with Gasteiger partial charge in [-0.1, -0.05) is 17.7 Å². The fraction of sp³-hybridized carbons (Fsp3) is 0.500. The molecule has 1 aliphatic rings. The predicted octanol–water partition coefficient (Wildman–Crippen LogP) is 2.69. The molecule has 17 heavy (non-hydrogen) atoms.